The number of hydrogen-bond acceptors (Lipinski definition) is 6. The highest BCUT2D eigenvalue weighted by Crippen LogP contribution is 2.33. The van der Waals surface area contributed by atoms with Gasteiger partial charge in [0.15, 0.2) is 5.72 Å². The number of hydrogen-bond donors (Lipinski definition) is 1. The molecule has 2 fully saturated rings. The maximum absolute atomic E-state index is 12.9. The first-order valence-electron chi connectivity index (χ1n) is 11.2. The van der Waals surface area contributed by atoms with Gasteiger partial charge >= 0.3 is 5.97 Å². The highest BCUT2D eigenvalue weighted by molar-refractivity contribution is 5.98. The van der Waals surface area contributed by atoms with Crippen LogP contribution in [0.25, 0.3) is 0 Å². The Labute approximate surface area is 187 Å². The van der Waals surface area contributed by atoms with E-state index >= 15 is 0 Å². The normalized spacial score (nSPS) is 25.5. The van der Waals surface area contributed by atoms with E-state index in [1.165, 1.54) is 4.90 Å². The topological polar surface area (TPSA) is 105 Å². The number of para-hydroxylation sites is 1. The minimum absolute atomic E-state index is 0.0466. The van der Waals surface area contributed by atoms with E-state index in [0.717, 1.165) is 6.42 Å². The number of esters is 1. The van der Waals surface area contributed by atoms with Crippen LogP contribution in [0.2, 0.25) is 0 Å². The Morgan fingerprint density at radius 2 is 2.03 bits per heavy atom. The number of fused-ring (bicyclic) bond motifs is 1. The first-order chi connectivity index (χ1) is 15.4. The molecule has 2 unspecified atom stereocenters. The fourth-order valence-corrected chi connectivity index (χ4v) is 4.60. The number of amides is 3. The van der Waals surface area contributed by atoms with E-state index in [1.807, 2.05) is 0 Å². The average molecular weight is 444 g/mol. The highest BCUT2D eigenvalue weighted by atomic mass is 16.5. The van der Waals surface area contributed by atoms with Gasteiger partial charge in [-0.2, -0.15) is 0 Å². The Kier molecular flexibility index (Phi) is 6.34. The fraction of sp³-hybridized carbons (Fsp3) is 0.565. The Hall–Kier alpha value is -3.10. The van der Waals surface area contributed by atoms with Gasteiger partial charge in [0.25, 0.3) is 5.91 Å². The molecule has 32 heavy (non-hydrogen) atoms. The molecule has 0 saturated carbocycles. The van der Waals surface area contributed by atoms with Crippen molar-refractivity contribution in [2.24, 2.45) is 5.92 Å². The van der Waals surface area contributed by atoms with Gasteiger partial charge in [-0.05, 0) is 31.9 Å². The Bertz CT molecular complexity index is 919. The van der Waals surface area contributed by atoms with Crippen LogP contribution in [0, 0.1) is 5.92 Å². The molecule has 1 aromatic rings. The molecule has 1 aromatic carbocycles. The SMILES string of the molecule is CCOC(=O)C1CCCN(C(=O)CN2CCC3(CCC2=O)NC(=O)c2ccccc2O3)C1. The van der Waals surface area contributed by atoms with Crippen LogP contribution in [0.15, 0.2) is 24.3 Å². The lowest BCUT2D eigenvalue weighted by molar-refractivity contribution is -0.152. The number of ether oxygens (including phenoxy) is 2. The van der Waals surface area contributed by atoms with E-state index in [9.17, 15) is 19.2 Å². The molecule has 0 bridgehead atoms. The molecule has 1 spiro atoms. The van der Waals surface area contributed by atoms with Crippen LogP contribution in [0.4, 0.5) is 0 Å². The van der Waals surface area contributed by atoms with Crippen LogP contribution in [-0.2, 0) is 19.1 Å². The van der Waals surface area contributed by atoms with Crippen molar-refractivity contribution in [3.8, 4) is 5.75 Å². The molecule has 3 aliphatic heterocycles. The predicted molar refractivity (Wildman–Crippen MR) is 114 cm³/mol. The summed E-state index contributed by atoms with van der Waals surface area (Å²) >= 11 is 0. The van der Waals surface area contributed by atoms with Crippen molar-refractivity contribution in [3.63, 3.8) is 0 Å². The molecule has 2 atom stereocenters. The highest BCUT2D eigenvalue weighted by Gasteiger charge is 2.43. The second-order valence-corrected chi connectivity index (χ2v) is 8.54. The second kappa shape index (κ2) is 9.18. The van der Waals surface area contributed by atoms with Crippen LogP contribution in [0.5, 0.6) is 5.75 Å². The van der Waals surface area contributed by atoms with E-state index < -0.39 is 5.72 Å². The number of nitrogens with zero attached hydrogens (tertiary/aromatic N) is 2. The third kappa shape index (κ3) is 4.56. The lowest BCUT2D eigenvalue weighted by Crippen LogP contribution is -2.56. The smallest absolute Gasteiger partial charge is 0.310 e. The number of likely N-dealkylation sites (tertiary alicyclic amines) is 2. The zero-order valence-corrected chi connectivity index (χ0v) is 18.3. The largest absolute Gasteiger partial charge is 0.467 e. The van der Waals surface area contributed by atoms with Crippen molar-refractivity contribution in [2.45, 2.75) is 44.8 Å². The Balaban J connectivity index is 1.39. The number of carbonyl (C=O) groups is 4. The van der Waals surface area contributed by atoms with E-state index in [4.69, 9.17) is 9.47 Å². The van der Waals surface area contributed by atoms with E-state index in [-0.39, 0.29) is 42.6 Å². The van der Waals surface area contributed by atoms with Crippen LogP contribution in [-0.4, -0.2) is 72.0 Å². The summed E-state index contributed by atoms with van der Waals surface area (Å²) in [5, 5.41) is 2.93. The van der Waals surface area contributed by atoms with Crippen LogP contribution < -0.4 is 10.1 Å². The summed E-state index contributed by atoms with van der Waals surface area (Å²) in [6.45, 7) is 3.21. The van der Waals surface area contributed by atoms with Gasteiger partial charge in [0, 0.05) is 38.9 Å². The Morgan fingerprint density at radius 3 is 2.84 bits per heavy atom. The molecular weight excluding hydrogens is 414 g/mol. The molecule has 2 saturated heterocycles. The Morgan fingerprint density at radius 1 is 1.22 bits per heavy atom. The summed E-state index contributed by atoms with van der Waals surface area (Å²) in [7, 11) is 0. The molecule has 3 heterocycles. The van der Waals surface area contributed by atoms with Gasteiger partial charge < -0.3 is 24.6 Å². The summed E-state index contributed by atoms with van der Waals surface area (Å²) in [5.41, 5.74) is -0.485. The molecule has 172 valence electrons. The van der Waals surface area contributed by atoms with Gasteiger partial charge in [0.05, 0.1) is 24.6 Å². The van der Waals surface area contributed by atoms with Crippen molar-refractivity contribution in [1.82, 2.24) is 15.1 Å². The lowest BCUT2D eigenvalue weighted by Gasteiger charge is -2.38. The average Bonchev–Trinajstić information content (AvgIpc) is 2.93. The molecule has 4 rings (SSSR count). The van der Waals surface area contributed by atoms with E-state index in [2.05, 4.69) is 5.32 Å². The van der Waals surface area contributed by atoms with Crippen LogP contribution in [0.3, 0.4) is 0 Å². The molecule has 9 nitrogen and oxygen atoms in total. The van der Waals surface area contributed by atoms with E-state index in [0.29, 0.717) is 56.8 Å². The third-order valence-corrected chi connectivity index (χ3v) is 6.38. The van der Waals surface area contributed by atoms with Gasteiger partial charge in [0.2, 0.25) is 11.8 Å². The van der Waals surface area contributed by atoms with Crippen LogP contribution >= 0.6 is 0 Å². The summed E-state index contributed by atoms with van der Waals surface area (Å²) in [6, 6.07) is 7.03. The molecule has 1 N–H and O–H groups in total. The molecular formula is C23H29N3O6. The molecule has 0 radical (unpaired) electrons. The van der Waals surface area contributed by atoms with Gasteiger partial charge in [-0.25, -0.2) is 0 Å². The first-order valence-corrected chi connectivity index (χ1v) is 11.2. The number of carbonyl (C=O) groups excluding carboxylic acids is 4. The number of benzene rings is 1. The third-order valence-electron chi connectivity index (χ3n) is 6.38. The maximum Gasteiger partial charge on any atom is 0.310 e. The fourth-order valence-electron chi connectivity index (χ4n) is 4.60. The summed E-state index contributed by atoms with van der Waals surface area (Å²) in [6.07, 6.45) is 2.32. The molecule has 3 amide bonds. The maximum atomic E-state index is 12.9. The summed E-state index contributed by atoms with van der Waals surface area (Å²) in [4.78, 5) is 53.5. The molecule has 0 aliphatic carbocycles. The standard InChI is InChI=1S/C23H29N3O6/c1-2-31-22(30)16-6-5-12-25(14-16)20(28)15-26-13-11-23(10-9-19(26)27)24-21(29)17-7-3-4-8-18(17)32-23/h3-4,7-8,16H,2,5-6,9-15H2,1H3,(H,24,29). The van der Waals surface area contributed by atoms with Crippen molar-refractivity contribution in [3.05, 3.63) is 29.8 Å². The molecule has 9 heteroatoms. The van der Waals surface area contributed by atoms with E-state index in [1.54, 1.807) is 36.1 Å². The number of nitrogens with one attached hydrogen (secondary N) is 1. The number of piperidine rings is 1. The minimum Gasteiger partial charge on any atom is -0.467 e. The van der Waals surface area contributed by atoms with Crippen molar-refractivity contribution in [1.29, 1.82) is 0 Å². The summed E-state index contributed by atoms with van der Waals surface area (Å²) < 4.78 is 11.2. The van der Waals surface area contributed by atoms with Crippen molar-refractivity contribution < 1.29 is 28.7 Å². The zero-order valence-electron chi connectivity index (χ0n) is 18.3. The minimum atomic E-state index is -0.959. The second-order valence-electron chi connectivity index (χ2n) is 8.54. The quantitative estimate of drug-likeness (QED) is 0.704. The molecule has 3 aliphatic rings. The number of rotatable bonds is 4. The van der Waals surface area contributed by atoms with Crippen LogP contribution in [0.1, 0.15) is 49.4 Å². The van der Waals surface area contributed by atoms with Gasteiger partial charge in [-0.15, -0.1) is 0 Å². The van der Waals surface area contributed by atoms with Gasteiger partial charge in [0.1, 0.15) is 5.75 Å². The summed E-state index contributed by atoms with van der Waals surface area (Å²) in [5.74, 6) is -0.633. The van der Waals surface area contributed by atoms with Crippen molar-refractivity contribution >= 4 is 23.7 Å². The zero-order chi connectivity index (χ0) is 22.7. The molecule has 0 aromatic heterocycles. The monoisotopic (exact) mass is 443 g/mol. The predicted octanol–water partition coefficient (Wildman–Crippen LogP) is 1.32. The van der Waals surface area contributed by atoms with Gasteiger partial charge in [-0.3, -0.25) is 19.2 Å². The first kappa shape index (κ1) is 22.1. The lowest BCUT2D eigenvalue weighted by atomic mass is 9.98. The van der Waals surface area contributed by atoms with Crippen molar-refractivity contribution in [2.75, 3.05) is 32.8 Å². The van der Waals surface area contributed by atoms with Gasteiger partial charge in [-0.1, -0.05) is 12.1 Å².